The van der Waals surface area contributed by atoms with Gasteiger partial charge in [-0.15, -0.1) is 0 Å². The van der Waals surface area contributed by atoms with Crippen LogP contribution in [0.4, 0.5) is 0 Å². The molecule has 3 heterocycles. The van der Waals surface area contributed by atoms with Crippen LogP contribution in [-0.4, -0.2) is 48.7 Å². The maximum absolute atomic E-state index is 13.0. The Hall–Kier alpha value is -2.60. The first-order valence-electron chi connectivity index (χ1n) is 9.82. The molecule has 0 aliphatic carbocycles. The van der Waals surface area contributed by atoms with Crippen molar-refractivity contribution in [3.05, 3.63) is 53.9 Å². The lowest BCUT2D eigenvalue weighted by molar-refractivity contribution is -0.139. The number of likely N-dealkylation sites (tertiary alicyclic amines) is 1. The number of carbonyl (C=O) groups is 1. The molecule has 2 aliphatic heterocycles. The van der Waals surface area contributed by atoms with Crippen LogP contribution in [0.1, 0.15) is 24.0 Å². The maximum Gasteiger partial charge on any atom is 0.229 e. The number of hydrogen-bond donors (Lipinski definition) is 0. The molecular formula is C22H26N2O4. The summed E-state index contributed by atoms with van der Waals surface area (Å²) in [5.74, 6) is 1.55. The van der Waals surface area contributed by atoms with Gasteiger partial charge >= 0.3 is 0 Å². The molecular weight excluding hydrogens is 356 g/mol. The van der Waals surface area contributed by atoms with Crippen LogP contribution in [0.25, 0.3) is 0 Å². The molecule has 1 saturated heterocycles. The molecule has 1 aromatic heterocycles. The number of pyridine rings is 1. The third kappa shape index (κ3) is 4.12. The molecule has 1 amide bonds. The largest absolute Gasteiger partial charge is 0.493 e. The van der Waals surface area contributed by atoms with E-state index in [2.05, 4.69) is 4.98 Å². The Morgan fingerprint density at radius 2 is 2.11 bits per heavy atom. The zero-order valence-corrected chi connectivity index (χ0v) is 16.2. The SMILES string of the molecule is COc1cccc2c1OC[C@@H](C(=O)N1CCC(OCc3cccnc3)CC1)C2. The minimum absolute atomic E-state index is 0.132. The van der Waals surface area contributed by atoms with E-state index >= 15 is 0 Å². The highest BCUT2D eigenvalue weighted by Gasteiger charge is 2.32. The average molecular weight is 382 g/mol. The Labute approximate surface area is 165 Å². The van der Waals surface area contributed by atoms with Crippen LogP contribution in [-0.2, 0) is 22.6 Å². The molecule has 2 aliphatic rings. The van der Waals surface area contributed by atoms with Crippen molar-refractivity contribution in [3.63, 3.8) is 0 Å². The molecule has 28 heavy (non-hydrogen) atoms. The Kier molecular flexibility index (Phi) is 5.76. The molecule has 4 rings (SSSR count). The molecule has 1 fully saturated rings. The van der Waals surface area contributed by atoms with Crippen molar-refractivity contribution >= 4 is 5.91 Å². The molecule has 1 atom stereocenters. The van der Waals surface area contributed by atoms with Crippen molar-refractivity contribution in [2.24, 2.45) is 5.92 Å². The van der Waals surface area contributed by atoms with Gasteiger partial charge in [-0.1, -0.05) is 18.2 Å². The number of benzene rings is 1. The first-order valence-corrected chi connectivity index (χ1v) is 9.82. The number of ether oxygens (including phenoxy) is 3. The number of fused-ring (bicyclic) bond motifs is 1. The van der Waals surface area contributed by atoms with Gasteiger partial charge in [-0.2, -0.15) is 0 Å². The number of amides is 1. The molecule has 2 aromatic rings. The standard InChI is InChI=1S/C22H26N2O4/c1-26-20-6-2-5-17-12-18(15-28-21(17)20)22(25)24-10-7-19(8-11-24)27-14-16-4-3-9-23-13-16/h2-6,9,13,18-19H,7-8,10-12,14-15H2,1H3/t18-/m0/s1. The third-order valence-electron chi connectivity index (χ3n) is 5.49. The summed E-state index contributed by atoms with van der Waals surface area (Å²) >= 11 is 0. The number of methoxy groups -OCH3 is 1. The third-order valence-corrected chi connectivity index (χ3v) is 5.49. The van der Waals surface area contributed by atoms with E-state index in [0.717, 1.165) is 48.6 Å². The Morgan fingerprint density at radius 1 is 1.25 bits per heavy atom. The molecule has 6 heteroatoms. The molecule has 148 valence electrons. The number of rotatable bonds is 5. The van der Waals surface area contributed by atoms with Crippen LogP contribution in [0.15, 0.2) is 42.7 Å². The van der Waals surface area contributed by atoms with E-state index in [9.17, 15) is 4.79 Å². The minimum Gasteiger partial charge on any atom is -0.493 e. The van der Waals surface area contributed by atoms with Gasteiger partial charge in [0.1, 0.15) is 6.61 Å². The first-order chi connectivity index (χ1) is 13.7. The molecule has 0 saturated carbocycles. The highest BCUT2D eigenvalue weighted by Crippen LogP contribution is 2.36. The quantitative estimate of drug-likeness (QED) is 0.796. The van der Waals surface area contributed by atoms with Crippen LogP contribution in [0.3, 0.4) is 0 Å². The van der Waals surface area contributed by atoms with E-state index < -0.39 is 0 Å². The Bertz CT molecular complexity index is 803. The van der Waals surface area contributed by atoms with E-state index in [1.807, 2.05) is 41.4 Å². The highest BCUT2D eigenvalue weighted by atomic mass is 16.5. The smallest absolute Gasteiger partial charge is 0.229 e. The summed E-state index contributed by atoms with van der Waals surface area (Å²) in [6.07, 6.45) is 6.21. The van der Waals surface area contributed by atoms with Crippen molar-refractivity contribution in [3.8, 4) is 11.5 Å². The zero-order chi connectivity index (χ0) is 19.3. The molecule has 0 unspecified atom stereocenters. The second-order valence-electron chi connectivity index (χ2n) is 7.36. The first kappa shape index (κ1) is 18.7. The predicted molar refractivity (Wildman–Crippen MR) is 104 cm³/mol. The summed E-state index contributed by atoms with van der Waals surface area (Å²) in [7, 11) is 1.64. The topological polar surface area (TPSA) is 60.9 Å². The highest BCUT2D eigenvalue weighted by molar-refractivity contribution is 5.80. The summed E-state index contributed by atoms with van der Waals surface area (Å²) in [6, 6.07) is 9.77. The van der Waals surface area contributed by atoms with Crippen molar-refractivity contribution in [2.75, 3.05) is 26.8 Å². The summed E-state index contributed by atoms with van der Waals surface area (Å²) < 4.78 is 17.2. The van der Waals surface area contributed by atoms with Gasteiger partial charge in [-0.05, 0) is 42.5 Å². The van der Waals surface area contributed by atoms with Gasteiger partial charge < -0.3 is 19.1 Å². The summed E-state index contributed by atoms with van der Waals surface area (Å²) in [4.78, 5) is 19.0. The molecule has 0 radical (unpaired) electrons. The fourth-order valence-electron chi connectivity index (χ4n) is 3.91. The average Bonchev–Trinajstić information content (AvgIpc) is 2.77. The van der Waals surface area contributed by atoms with Gasteiger partial charge in [0.2, 0.25) is 5.91 Å². The lowest BCUT2D eigenvalue weighted by Crippen LogP contribution is -2.46. The summed E-state index contributed by atoms with van der Waals surface area (Å²) in [5, 5.41) is 0. The fourth-order valence-corrected chi connectivity index (χ4v) is 3.91. The minimum atomic E-state index is -0.132. The van der Waals surface area contributed by atoms with Gasteiger partial charge in [-0.3, -0.25) is 9.78 Å². The van der Waals surface area contributed by atoms with Crippen molar-refractivity contribution in [2.45, 2.75) is 32.0 Å². The van der Waals surface area contributed by atoms with Crippen LogP contribution >= 0.6 is 0 Å². The van der Waals surface area contributed by atoms with E-state index in [4.69, 9.17) is 14.2 Å². The Morgan fingerprint density at radius 3 is 2.86 bits per heavy atom. The zero-order valence-electron chi connectivity index (χ0n) is 16.2. The van der Waals surface area contributed by atoms with Gasteiger partial charge in [0, 0.05) is 25.5 Å². The molecule has 6 nitrogen and oxygen atoms in total. The molecule has 0 bridgehead atoms. The van der Waals surface area contributed by atoms with Crippen molar-refractivity contribution in [1.29, 1.82) is 0 Å². The van der Waals surface area contributed by atoms with Crippen molar-refractivity contribution in [1.82, 2.24) is 9.88 Å². The van der Waals surface area contributed by atoms with E-state index in [-0.39, 0.29) is 17.9 Å². The van der Waals surface area contributed by atoms with Crippen LogP contribution < -0.4 is 9.47 Å². The van der Waals surface area contributed by atoms with Gasteiger partial charge in [0.05, 0.1) is 25.7 Å². The molecule has 0 spiro atoms. The van der Waals surface area contributed by atoms with Crippen molar-refractivity contribution < 1.29 is 19.0 Å². The van der Waals surface area contributed by atoms with Crippen LogP contribution in [0.2, 0.25) is 0 Å². The lowest BCUT2D eigenvalue weighted by atomic mass is 9.94. The second kappa shape index (κ2) is 8.61. The number of aromatic nitrogens is 1. The van der Waals surface area contributed by atoms with E-state index in [1.54, 1.807) is 13.3 Å². The Balaban J connectivity index is 1.28. The number of para-hydroxylation sites is 1. The fraction of sp³-hybridized carbons (Fsp3) is 0.455. The van der Waals surface area contributed by atoms with Gasteiger partial charge in [-0.25, -0.2) is 0 Å². The normalized spacial score (nSPS) is 19.6. The summed E-state index contributed by atoms with van der Waals surface area (Å²) in [5.41, 5.74) is 2.12. The number of hydrogen-bond acceptors (Lipinski definition) is 5. The van der Waals surface area contributed by atoms with Crippen LogP contribution in [0.5, 0.6) is 11.5 Å². The van der Waals surface area contributed by atoms with E-state index in [1.165, 1.54) is 0 Å². The van der Waals surface area contributed by atoms with Gasteiger partial charge in [0.25, 0.3) is 0 Å². The summed E-state index contributed by atoms with van der Waals surface area (Å²) in [6.45, 7) is 2.45. The number of piperidine rings is 1. The van der Waals surface area contributed by atoms with Gasteiger partial charge in [0.15, 0.2) is 11.5 Å². The van der Waals surface area contributed by atoms with E-state index in [0.29, 0.717) is 19.6 Å². The molecule has 1 aromatic carbocycles. The monoisotopic (exact) mass is 382 g/mol. The lowest BCUT2D eigenvalue weighted by Gasteiger charge is -2.35. The predicted octanol–water partition coefficient (Wildman–Crippen LogP) is 2.85. The maximum atomic E-state index is 13.0. The number of carbonyl (C=O) groups excluding carboxylic acids is 1. The number of nitrogens with zero attached hydrogens (tertiary/aromatic N) is 2. The second-order valence-corrected chi connectivity index (χ2v) is 7.36. The molecule has 0 N–H and O–H groups in total. The van der Waals surface area contributed by atoms with Crippen LogP contribution in [0, 0.1) is 5.92 Å².